The Morgan fingerprint density at radius 1 is 0.714 bits per heavy atom. The number of pyridine rings is 2. The van der Waals surface area contributed by atoms with E-state index in [1.807, 2.05) is 0 Å². The third kappa shape index (κ3) is 4.36. The van der Waals surface area contributed by atoms with Crippen LogP contribution < -0.4 is 9.47 Å². The highest BCUT2D eigenvalue weighted by atomic mass is 16.6. The summed E-state index contributed by atoms with van der Waals surface area (Å²) in [7, 11) is 1.22. The minimum atomic E-state index is -0.728. The van der Waals surface area contributed by atoms with Gasteiger partial charge in [-0.1, -0.05) is 0 Å². The Kier molecular flexibility index (Phi) is 5.71. The molecule has 8 heteroatoms. The topological polar surface area (TPSA) is 105 Å². The summed E-state index contributed by atoms with van der Waals surface area (Å²) in [5.41, 5.74) is 0.525. The zero-order chi connectivity index (χ0) is 19.9. The number of carbonyl (C=O) groups is 3. The van der Waals surface area contributed by atoms with Crippen molar-refractivity contribution in [1.29, 1.82) is 0 Å². The maximum absolute atomic E-state index is 12.3. The third-order valence-corrected chi connectivity index (χ3v) is 3.56. The molecule has 3 rings (SSSR count). The predicted molar refractivity (Wildman–Crippen MR) is 96.2 cm³/mol. The fraction of sp³-hybridized carbons (Fsp3) is 0.0500. The molecule has 0 aliphatic heterocycles. The van der Waals surface area contributed by atoms with Crippen LogP contribution in [-0.4, -0.2) is 35.0 Å². The van der Waals surface area contributed by atoms with Crippen molar-refractivity contribution in [2.75, 3.05) is 7.11 Å². The number of carbonyl (C=O) groups excluding carboxylic acids is 3. The van der Waals surface area contributed by atoms with Crippen molar-refractivity contribution in [2.24, 2.45) is 0 Å². The number of nitrogens with zero attached hydrogens (tertiary/aromatic N) is 2. The van der Waals surface area contributed by atoms with Gasteiger partial charge in [-0.05, 0) is 42.5 Å². The van der Waals surface area contributed by atoms with Gasteiger partial charge in [0, 0.05) is 24.8 Å². The van der Waals surface area contributed by atoms with E-state index in [9.17, 15) is 14.4 Å². The number of ether oxygens (including phenoxy) is 3. The third-order valence-electron chi connectivity index (χ3n) is 3.56. The lowest BCUT2D eigenvalue weighted by Gasteiger charge is -2.12. The predicted octanol–water partition coefficient (Wildman–Crippen LogP) is 2.70. The molecule has 0 spiro atoms. The van der Waals surface area contributed by atoms with Gasteiger partial charge < -0.3 is 14.2 Å². The van der Waals surface area contributed by atoms with Crippen molar-refractivity contribution >= 4 is 17.9 Å². The minimum Gasteiger partial charge on any atom is -0.465 e. The molecule has 140 valence electrons. The summed E-state index contributed by atoms with van der Waals surface area (Å²) in [6.45, 7) is 0. The average Bonchev–Trinajstić information content (AvgIpc) is 2.75. The van der Waals surface area contributed by atoms with E-state index in [1.165, 1.54) is 62.2 Å². The molecule has 28 heavy (non-hydrogen) atoms. The molecule has 8 nitrogen and oxygen atoms in total. The summed E-state index contributed by atoms with van der Waals surface area (Å²) in [5.74, 6) is -2.22. The minimum absolute atomic E-state index is 0.0428. The summed E-state index contributed by atoms with van der Waals surface area (Å²) >= 11 is 0. The van der Waals surface area contributed by atoms with Gasteiger partial charge >= 0.3 is 17.9 Å². The van der Waals surface area contributed by atoms with Crippen LogP contribution >= 0.6 is 0 Å². The maximum atomic E-state index is 12.3. The molecule has 0 atom stereocenters. The summed E-state index contributed by atoms with van der Waals surface area (Å²) in [6.07, 6.45) is 5.69. The largest absolute Gasteiger partial charge is 0.465 e. The second kappa shape index (κ2) is 8.54. The molecule has 0 aliphatic rings. The van der Waals surface area contributed by atoms with E-state index in [0.717, 1.165) is 0 Å². The SMILES string of the molecule is COC(=O)c1ccc(OC(=O)c2cccnc2)c(OC(=O)c2cccnc2)c1. The Labute approximate surface area is 159 Å². The maximum Gasteiger partial charge on any atom is 0.345 e. The van der Waals surface area contributed by atoms with Crippen molar-refractivity contribution in [3.63, 3.8) is 0 Å². The van der Waals surface area contributed by atoms with E-state index in [-0.39, 0.29) is 28.2 Å². The molecule has 0 radical (unpaired) electrons. The molecule has 2 heterocycles. The van der Waals surface area contributed by atoms with Crippen LogP contribution in [-0.2, 0) is 4.74 Å². The summed E-state index contributed by atoms with van der Waals surface area (Å²) < 4.78 is 15.3. The fourth-order valence-electron chi connectivity index (χ4n) is 2.20. The molecule has 1 aromatic carbocycles. The lowest BCUT2D eigenvalue weighted by molar-refractivity contribution is 0.0597. The van der Waals surface area contributed by atoms with Crippen LogP contribution in [0, 0.1) is 0 Å². The number of hydrogen-bond donors (Lipinski definition) is 0. The normalized spacial score (nSPS) is 10.0. The van der Waals surface area contributed by atoms with Gasteiger partial charge in [-0.3, -0.25) is 9.97 Å². The van der Waals surface area contributed by atoms with Gasteiger partial charge in [-0.15, -0.1) is 0 Å². The molecule has 0 saturated heterocycles. The van der Waals surface area contributed by atoms with Gasteiger partial charge in [0.25, 0.3) is 0 Å². The summed E-state index contributed by atoms with van der Waals surface area (Å²) in [6, 6.07) is 10.2. The molecule has 0 aliphatic carbocycles. The second-order valence-electron chi connectivity index (χ2n) is 5.42. The molecule has 2 aromatic heterocycles. The monoisotopic (exact) mass is 378 g/mol. The number of rotatable bonds is 5. The molecular weight excluding hydrogens is 364 g/mol. The van der Waals surface area contributed by atoms with E-state index >= 15 is 0 Å². The smallest absolute Gasteiger partial charge is 0.345 e. The van der Waals surface area contributed by atoms with Gasteiger partial charge in [-0.25, -0.2) is 14.4 Å². The Hall–Kier alpha value is -4.07. The number of methoxy groups -OCH3 is 1. The molecule has 3 aromatic rings. The molecule has 0 N–H and O–H groups in total. The number of aromatic nitrogens is 2. The van der Waals surface area contributed by atoms with E-state index in [2.05, 4.69) is 14.7 Å². The van der Waals surface area contributed by atoms with Crippen LogP contribution in [0.1, 0.15) is 31.1 Å². The van der Waals surface area contributed by atoms with Crippen molar-refractivity contribution in [3.05, 3.63) is 83.9 Å². The standard InChI is InChI=1S/C20H14N2O6/c1-26-18(23)13-6-7-16(27-19(24)14-4-2-8-21-11-14)17(10-13)28-20(25)15-5-3-9-22-12-15/h2-12H,1H3. The fourth-order valence-corrected chi connectivity index (χ4v) is 2.20. The second-order valence-corrected chi connectivity index (χ2v) is 5.42. The van der Waals surface area contributed by atoms with Crippen LogP contribution in [0.5, 0.6) is 11.5 Å². The van der Waals surface area contributed by atoms with Crippen molar-refractivity contribution < 1.29 is 28.6 Å². The highest BCUT2D eigenvalue weighted by molar-refractivity contribution is 5.94. The lowest BCUT2D eigenvalue weighted by atomic mass is 10.2. The Morgan fingerprint density at radius 3 is 1.79 bits per heavy atom. The number of esters is 3. The van der Waals surface area contributed by atoms with Crippen LogP contribution in [0.25, 0.3) is 0 Å². The molecule has 0 unspecified atom stereocenters. The highest BCUT2D eigenvalue weighted by Gasteiger charge is 2.19. The van der Waals surface area contributed by atoms with E-state index in [1.54, 1.807) is 12.1 Å². The van der Waals surface area contributed by atoms with Gasteiger partial charge in [0.05, 0.1) is 23.8 Å². The van der Waals surface area contributed by atoms with E-state index < -0.39 is 17.9 Å². The van der Waals surface area contributed by atoms with Crippen molar-refractivity contribution in [1.82, 2.24) is 9.97 Å². The van der Waals surface area contributed by atoms with Crippen molar-refractivity contribution in [2.45, 2.75) is 0 Å². The molecular formula is C20H14N2O6. The summed E-state index contributed by atoms with van der Waals surface area (Å²) in [4.78, 5) is 44.1. The van der Waals surface area contributed by atoms with E-state index in [4.69, 9.17) is 9.47 Å². The molecule has 0 fully saturated rings. The van der Waals surface area contributed by atoms with Crippen LogP contribution in [0.3, 0.4) is 0 Å². The van der Waals surface area contributed by atoms with Crippen LogP contribution in [0.15, 0.2) is 67.3 Å². The van der Waals surface area contributed by atoms with E-state index in [0.29, 0.717) is 0 Å². The zero-order valence-electron chi connectivity index (χ0n) is 14.7. The molecule has 0 amide bonds. The Bertz CT molecular complexity index is 1010. The Morgan fingerprint density at radius 2 is 1.29 bits per heavy atom. The molecule has 0 bridgehead atoms. The van der Waals surface area contributed by atoms with Gasteiger partial charge in [0.1, 0.15) is 0 Å². The van der Waals surface area contributed by atoms with Crippen LogP contribution in [0.4, 0.5) is 0 Å². The number of hydrogen-bond acceptors (Lipinski definition) is 8. The summed E-state index contributed by atoms with van der Waals surface area (Å²) in [5, 5.41) is 0. The average molecular weight is 378 g/mol. The van der Waals surface area contributed by atoms with Gasteiger partial charge in [-0.2, -0.15) is 0 Å². The van der Waals surface area contributed by atoms with Crippen LogP contribution in [0.2, 0.25) is 0 Å². The van der Waals surface area contributed by atoms with Gasteiger partial charge in [0.15, 0.2) is 11.5 Å². The Balaban J connectivity index is 1.91. The quantitative estimate of drug-likeness (QED) is 0.493. The first-order chi connectivity index (χ1) is 13.6. The highest BCUT2D eigenvalue weighted by Crippen LogP contribution is 2.30. The molecule has 0 saturated carbocycles. The van der Waals surface area contributed by atoms with Crippen molar-refractivity contribution in [3.8, 4) is 11.5 Å². The first kappa shape index (κ1) is 18.7. The first-order valence-electron chi connectivity index (χ1n) is 8.05. The first-order valence-corrected chi connectivity index (χ1v) is 8.05. The zero-order valence-corrected chi connectivity index (χ0v) is 14.7. The van der Waals surface area contributed by atoms with Gasteiger partial charge in [0.2, 0.25) is 0 Å². The lowest BCUT2D eigenvalue weighted by Crippen LogP contribution is -2.13. The number of benzene rings is 1.